The average molecular weight is 367 g/mol. The number of amides is 1. The maximum atomic E-state index is 12.4. The van der Waals surface area contributed by atoms with Crippen LogP contribution in [-0.2, 0) is 0 Å². The van der Waals surface area contributed by atoms with Crippen LogP contribution in [0, 0.1) is 6.92 Å². The Morgan fingerprint density at radius 2 is 1.88 bits per heavy atom. The second-order valence-corrected chi connectivity index (χ2v) is 6.24. The summed E-state index contributed by atoms with van der Waals surface area (Å²) in [6.45, 7) is 2.13. The molecular weight excluding hydrogens is 352 g/mol. The molecule has 6 heteroatoms. The van der Waals surface area contributed by atoms with Crippen LogP contribution in [0.5, 0.6) is 11.5 Å². The molecule has 0 aliphatic carbocycles. The molecule has 1 aromatic heterocycles. The van der Waals surface area contributed by atoms with Crippen molar-refractivity contribution in [3.8, 4) is 22.6 Å². The zero-order valence-electron chi connectivity index (χ0n) is 14.0. The van der Waals surface area contributed by atoms with Gasteiger partial charge >= 0.3 is 0 Å². The van der Waals surface area contributed by atoms with Crippen LogP contribution in [0.1, 0.15) is 16.1 Å². The Morgan fingerprint density at radius 1 is 1.08 bits per heavy atom. The Hall–Kier alpha value is -3.05. The van der Waals surface area contributed by atoms with Crippen molar-refractivity contribution >= 4 is 23.3 Å². The number of nitrogens with one attached hydrogen (secondary N) is 1. The van der Waals surface area contributed by atoms with Crippen molar-refractivity contribution in [2.45, 2.75) is 6.92 Å². The van der Waals surface area contributed by atoms with Crippen molar-refractivity contribution in [2.75, 3.05) is 12.1 Å². The molecule has 0 saturated heterocycles. The zero-order chi connectivity index (χ0) is 18.1. The minimum Gasteiger partial charge on any atom is -0.454 e. The summed E-state index contributed by atoms with van der Waals surface area (Å²) < 4.78 is 10.8. The lowest BCUT2D eigenvalue weighted by molar-refractivity contribution is 0.102. The molecule has 0 radical (unpaired) electrons. The van der Waals surface area contributed by atoms with Crippen molar-refractivity contribution in [2.24, 2.45) is 0 Å². The van der Waals surface area contributed by atoms with Gasteiger partial charge < -0.3 is 14.8 Å². The van der Waals surface area contributed by atoms with Crippen LogP contribution in [-0.4, -0.2) is 17.7 Å². The third-order valence-electron chi connectivity index (χ3n) is 4.13. The number of halogens is 1. The Labute approximate surface area is 155 Å². The van der Waals surface area contributed by atoms with E-state index >= 15 is 0 Å². The van der Waals surface area contributed by atoms with E-state index in [1.807, 2.05) is 31.2 Å². The summed E-state index contributed by atoms with van der Waals surface area (Å²) in [5.41, 5.74) is 3.14. The maximum Gasteiger partial charge on any atom is 0.258 e. The fourth-order valence-electron chi connectivity index (χ4n) is 2.83. The van der Waals surface area contributed by atoms with Gasteiger partial charge in [-0.15, -0.1) is 0 Å². The number of benzene rings is 2. The molecule has 26 heavy (non-hydrogen) atoms. The predicted octanol–water partition coefficient (Wildman–Crippen LogP) is 4.69. The lowest BCUT2D eigenvalue weighted by atomic mass is 10.0. The van der Waals surface area contributed by atoms with Crippen molar-refractivity contribution < 1.29 is 14.3 Å². The van der Waals surface area contributed by atoms with Crippen molar-refractivity contribution in [3.05, 3.63) is 70.9 Å². The van der Waals surface area contributed by atoms with E-state index in [1.165, 1.54) is 0 Å². The molecule has 5 nitrogen and oxygen atoms in total. The summed E-state index contributed by atoms with van der Waals surface area (Å²) in [6.07, 6.45) is 0. The molecule has 0 bridgehead atoms. The number of fused-ring (bicyclic) bond motifs is 1. The fraction of sp³-hybridized carbons (Fsp3) is 0.100. The number of ether oxygens (including phenoxy) is 2. The SMILES string of the molecule is Cc1nc(NC(=O)c2ccccc2Cl)ccc1-c1ccc2c(c1)OCO2. The summed E-state index contributed by atoms with van der Waals surface area (Å²) in [6, 6.07) is 16.3. The maximum absolute atomic E-state index is 12.4. The highest BCUT2D eigenvalue weighted by molar-refractivity contribution is 6.34. The Kier molecular flexibility index (Phi) is 4.22. The highest BCUT2D eigenvalue weighted by Crippen LogP contribution is 2.36. The van der Waals surface area contributed by atoms with E-state index < -0.39 is 0 Å². The number of aromatic nitrogens is 1. The molecule has 130 valence electrons. The Morgan fingerprint density at radius 3 is 2.69 bits per heavy atom. The first kappa shape index (κ1) is 16.4. The number of carbonyl (C=O) groups is 1. The van der Waals surface area contributed by atoms with Gasteiger partial charge in [0.15, 0.2) is 11.5 Å². The van der Waals surface area contributed by atoms with E-state index in [1.54, 1.807) is 30.3 Å². The molecule has 2 heterocycles. The molecule has 4 rings (SSSR count). The van der Waals surface area contributed by atoms with E-state index in [-0.39, 0.29) is 12.7 Å². The largest absolute Gasteiger partial charge is 0.454 e. The van der Waals surface area contributed by atoms with Crippen LogP contribution >= 0.6 is 11.6 Å². The quantitative estimate of drug-likeness (QED) is 0.730. The van der Waals surface area contributed by atoms with Crippen molar-refractivity contribution in [1.29, 1.82) is 0 Å². The molecule has 3 aromatic rings. The van der Waals surface area contributed by atoms with Crippen LogP contribution in [0.4, 0.5) is 5.82 Å². The van der Waals surface area contributed by atoms with Gasteiger partial charge in [-0.3, -0.25) is 4.79 Å². The van der Waals surface area contributed by atoms with E-state index in [9.17, 15) is 4.79 Å². The number of carbonyl (C=O) groups excluding carboxylic acids is 1. The number of pyridine rings is 1. The number of rotatable bonds is 3. The van der Waals surface area contributed by atoms with Crippen molar-refractivity contribution in [3.63, 3.8) is 0 Å². The minimum absolute atomic E-state index is 0.239. The van der Waals surface area contributed by atoms with Gasteiger partial charge in [-0.05, 0) is 48.9 Å². The zero-order valence-corrected chi connectivity index (χ0v) is 14.7. The number of nitrogens with zero attached hydrogens (tertiary/aromatic N) is 1. The van der Waals surface area contributed by atoms with Crippen LogP contribution in [0.2, 0.25) is 5.02 Å². The highest BCUT2D eigenvalue weighted by Gasteiger charge is 2.16. The van der Waals surface area contributed by atoms with Gasteiger partial charge in [0.1, 0.15) is 5.82 Å². The van der Waals surface area contributed by atoms with Gasteiger partial charge in [-0.1, -0.05) is 29.8 Å². The number of aryl methyl sites for hydroxylation is 1. The molecule has 2 aromatic carbocycles. The van der Waals surface area contributed by atoms with E-state index in [2.05, 4.69) is 10.3 Å². The first-order chi connectivity index (χ1) is 12.6. The Balaban J connectivity index is 1.58. The van der Waals surface area contributed by atoms with Gasteiger partial charge in [-0.2, -0.15) is 0 Å². The second kappa shape index (κ2) is 6.69. The second-order valence-electron chi connectivity index (χ2n) is 5.83. The van der Waals surface area contributed by atoms with Gasteiger partial charge in [0.05, 0.1) is 10.6 Å². The lowest BCUT2D eigenvalue weighted by Crippen LogP contribution is -2.13. The summed E-state index contributed by atoms with van der Waals surface area (Å²) in [4.78, 5) is 16.9. The van der Waals surface area contributed by atoms with Crippen LogP contribution < -0.4 is 14.8 Å². The predicted molar refractivity (Wildman–Crippen MR) is 99.9 cm³/mol. The fourth-order valence-corrected chi connectivity index (χ4v) is 3.05. The normalized spacial score (nSPS) is 12.1. The summed E-state index contributed by atoms with van der Waals surface area (Å²) in [5, 5.41) is 3.18. The number of anilines is 1. The molecule has 1 amide bonds. The first-order valence-electron chi connectivity index (χ1n) is 8.05. The van der Waals surface area contributed by atoms with Gasteiger partial charge in [0, 0.05) is 11.3 Å². The first-order valence-corrected chi connectivity index (χ1v) is 8.43. The molecule has 0 fully saturated rings. The van der Waals surface area contributed by atoms with Gasteiger partial charge in [-0.25, -0.2) is 4.98 Å². The molecular formula is C20H15ClN2O3. The number of hydrogen-bond acceptors (Lipinski definition) is 4. The molecule has 0 spiro atoms. The standard InChI is InChI=1S/C20H15ClN2O3/c1-12-14(13-6-8-17-18(10-13)26-11-25-17)7-9-19(22-12)23-20(24)15-4-2-3-5-16(15)21/h2-10H,11H2,1H3,(H,22,23,24). The van der Waals surface area contributed by atoms with Crippen LogP contribution in [0.3, 0.4) is 0 Å². The van der Waals surface area contributed by atoms with E-state index in [0.29, 0.717) is 16.4 Å². The van der Waals surface area contributed by atoms with Gasteiger partial charge in [0.25, 0.3) is 5.91 Å². The minimum atomic E-state index is -0.293. The molecule has 0 saturated carbocycles. The summed E-state index contributed by atoms with van der Waals surface area (Å²) in [7, 11) is 0. The van der Waals surface area contributed by atoms with Crippen molar-refractivity contribution in [1.82, 2.24) is 4.98 Å². The average Bonchev–Trinajstić information content (AvgIpc) is 3.10. The third kappa shape index (κ3) is 3.09. The summed E-state index contributed by atoms with van der Waals surface area (Å²) >= 11 is 6.06. The van der Waals surface area contributed by atoms with E-state index in [4.69, 9.17) is 21.1 Å². The highest BCUT2D eigenvalue weighted by atomic mass is 35.5. The van der Waals surface area contributed by atoms with Crippen LogP contribution in [0.25, 0.3) is 11.1 Å². The smallest absolute Gasteiger partial charge is 0.258 e. The van der Waals surface area contributed by atoms with E-state index in [0.717, 1.165) is 28.3 Å². The lowest BCUT2D eigenvalue weighted by Gasteiger charge is -2.10. The van der Waals surface area contributed by atoms with Gasteiger partial charge in [0.2, 0.25) is 6.79 Å². The molecule has 1 aliphatic rings. The summed E-state index contributed by atoms with van der Waals surface area (Å²) in [5.74, 6) is 1.64. The third-order valence-corrected chi connectivity index (χ3v) is 4.46. The molecule has 0 atom stereocenters. The molecule has 0 unspecified atom stereocenters. The molecule has 1 aliphatic heterocycles. The Bertz CT molecular complexity index is 1000. The monoisotopic (exact) mass is 366 g/mol. The topological polar surface area (TPSA) is 60.5 Å². The van der Waals surface area contributed by atoms with Crippen LogP contribution in [0.15, 0.2) is 54.6 Å². The number of hydrogen-bond donors (Lipinski definition) is 1. The molecule has 1 N–H and O–H groups in total.